The van der Waals surface area contributed by atoms with Gasteiger partial charge in [-0.25, -0.2) is 0 Å². The molecule has 124 valence electrons. The molecule has 4 nitrogen and oxygen atoms in total. The minimum atomic E-state index is 0.757. The zero-order valence-electron chi connectivity index (χ0n) is 14.3. The maximum absolute atomic E-state index is 6.12. The van der Waals surface area contributed by atoms with Crippen molar-refractivity contribution in [1.82, 2.24) is 15.1 Å². The third kappa shape index (κ3) is 3.03. The van der Waals surface area contributed by atoms with E-state index in [1.165, 1.54) is 49.1 Å². The van der Waals surface area contributed by atoms with Gasteiger partial charge in [0.25, 0.3) is 0 Å². The summed E-state index contributed by atoms with van der Waals surface area (Å²) in [6.45, 7) is 12.3. The number of nitrogens with zero attached hydrogens (tertiary/aromatic N) is 2. The van der Waals surface area contributed by atoms with Crippen LogP contribution in [0.3, 0.4) is 0 Å². The molecule has 2 aromatic rings. The van der Waals surface area contributed by atoms with Crippen LogP contribution in [0.25, 0.3) is 11.0 Å². The Labute approximate surface area is 138 Å². The molecule has 2 aliphatic rings. The zero-order valence-corrected chi connectivity index (χ0v) is 14.3. The molecule has 2 aliphatic heterocycles. The first-order valence-electron chi connectivity index (χ1n) is 8.86. The fourth-order valence-corrected chi connectivity index (χ4v) is 3.98. The molecule has 1 aromatic carbocycles. The predicted molar refractivity (Wildman–Crippen MR) is 93.8 cm³/mol. The summed E-state index contributed by atoms with van der Waals surface area (Å²) in [5.74, 6) is 1.14. The quantitative estimate of drug-likeness (QED) is 0.943. The fourth-order valence-electron chi connectivity index (χ4n) is 3.98. The van der Waals surface area contributed by atoms with E-state index in [0.29, 0.717) is 0 Å². The summed E-state index contributed by atoms with van der Waals surface area (Å²) in [6, 6.07) is 7.23. The molecule has 0 saturated carbocycles. The van der Waals surface area contributed by atoms with Crippen LogP contribution < -0.4 is 5.32 Å². The lowest BCUT2D eigenvalue weighted by Crippen LogP contribution is -2.50. The van der Waals surface area contributed by atoms with Gasteiger partial charge in [0.2, 0.25) is 0 Å². The lowest BCUT2D eigenvalue weighted by atomic mass is 10.1. The van der Waals surface area contributed by atoms with Crippen molar-refractivity contribution in [2.75, 3.05) is 39.3 Å². The normalized spacial score (nSPS) is 23.8. The van der Waals surface area contributed by atoms with E-state index in [-0.39, 0.29) is 0 Å². The molecule has 1 N–H and O–H groups in total. The zero-order chi connectivity index (χ0) is 15.8. The Kier molecular flexibility index (Phi) is 4.14. The fraction of sp³-hybridized carbons (Fsp3) is 0.579. The van der Waals surface area contributed by atoms with Gasteiger partial charge in [-0.15, -0.1) is 0 Å². The molecule has 0 aliphatic carbocycles. The third-order valence-electron chi connectivity index (χ3n) is 5.52. The summed E-state index contributed by atoms with van der Waals surface area (Å²) in [5, 5.41) is 4.75. The van der Waals surface area contributed by atoms with Crippen LogP contribution in [0.2, 0.25) is 0 Å². The maximum Gasteiger partial charge on any atom is 0.134 e. The molecule has 0 amide bonds. The molecule has 3 heterocycles. The van der Waals surface area contributed by atoms with Crippen molar-refractivity contribution in [2.45, 2.75) is 32.9 Å². The van der Waals surface area contributed by atoms with Gasteiger partial charge in [-0.3, -0.25) is 9.80 Å². The Morgan fingerprint density at radius 1 is 1.17 bits per heavy atom. The molecule has 0 spiro atoms. The van der Waals surface area contributed by atoms with Gasteiger partial charge in [-0.2, -0.15) is 0 Å². The topological polar surface area (TPSA) is 31.7 Å². The molecular weight excluding hydrogens is 286 g/mol. The third-order valence-corrected chi connectivity index (χ3v) is 5.52. The monoisotopic (exact) mass is 313 g/mol. The van der Waals surface area contributed by atoms with E-state index in [4.69, 9.17) is 4.42 Å². The van der Waals surface area contributed by atoms with Crippen LogP contribution in [0, 0.1) is 13.8 Å². The van der Waals surface area contributed by atoms with Crippen molar-refractivity contribution < 1.29 is 4.42 Å². The van der Waals surface area contributed by atoms with Gasteiger partial charge in [-0.05, 0) is 44.5 Å². The average molecular weight is 313 g/mol. The molecule has 23 heavy (non-hydrogen) atoms. The second-order valence-electron chi connectivity index (χ2n) is 7.11. The van der Waals surface area contributed by atoms with Crippen molar-refractivity contribution in [2.24, 2.45) is 0 Å². The standard InChI is InChI=1S/C19H27N3O/c1-14-3-4-18-17(11-14)15(2)19(23-18)13-21-7-9-22(10-8-21)16-5-6-20-12-16/h3-4,11,16,20H,5-10,12-13H2,1-2H3/t16-/m1/s1. The predicted octanol–water partition coefficient (Wildman–Crippen LogP) is 2.53. The average Bonchev–Trinajstić information content (AvgIpc) is 3.19. The first kappa shape index (κ1) is 15.2. The van der Waals surface area contributed by atoms with Crippen molar-refractivity contribution in [1.29, 1.82) is 0 Å². The molecule has 0 unspecified atom stereocenters. The van der Waals surface area contributed by atoms with Crippen molar-refractivity contribution in [3.05, 3.63) is 35.1 Å². The SMILES string of the molecule is Cc1ccc2oc(CN3CCN([C@@H]4CCNC4)CC3)c(C)c2c1. The lowest BCUT2D eigenvalue weighted by molar-refractivity contribution is 0.0938. The van der Waals surface area contributed by atoms with Crippen molar-refractivity contribution in [3.63, 3.8) is 0 Å². The lowest BCUT2D eigenvalue weighted by Gasteiger charge is -2.37. The van der Waals surface area contributed by atoms with Crippen LogP contribution in [-0.2, 0) is 6.54 Å². The Hall–Kier alpha value is -1.36. The van der Waals surface area contributed by atoms with Crippen LogP contribution in [-0.4, -0.2) is 55.1 Å². The molecule has 1 atom stereocenters. The van der Waals surface area contributed by atoms with Gasteiger partial charge >= 0.3 is 0 Å². The summed E-state index contributed by atoms with van der Waals surface area (Å²) < 4.78 is 6.12. The number of rotatable bonds is 3. The molecule has 0 radical (unpaired) electrons. The van der Waals surface area contributed by atoms with Gasteiger partial charge < -0.3 is 9.73 Å². The van der Waals surface area contributed by atoms with Crippen LogP contribution in [0.5, 0.6) is 0 Å². The van der Waals surface area contributed by atoms with E-state index in [2.05, 4.69) is 47.2 Å². The van der Waals surface area contributed by atoms with Crippen molar-refractivity contribution >= 4 is 11.0 Å². The molecule has 1 aromatic heterocycles. The maximum atomic E-state index is 6.12. The number of benzene rings is 1. The smallest absolute Gasteiger partial charge is 0.134 e. The van der Waals surface area contributed by atoms with E-state index < -0.39 is 0 Å². The molecule has 4 heteroatoms. The first-order valence-corrected chi connectivity index (χ1v) is 8.86. The van der Waals surface area contributed by atoms with Gasteiger partial charge in [0.15, 0.2) is 0 Å². The minimum Gasteiger partial charge on any atom is -0.459 e. The van der Waals surface area contributed by atoms with E-state index in [0.717, 1.165) is 37.0 Å². The number of furan rings is 1. The van der Waals surface area contributed by atoms with Crippen LogP contribution in [0.15, 0.2) is 22.6 Å². The second-order valence-corrected chi connectivity index (χ2v) is 7.11. The van der Waals surface area contributed by atoms with Gasteiger partial charge in [0.05, 0.1) is 6.54 Å². The number of nitrogens with one attached hydrogen (secondary N) is 1. The second kappa shape index (κ2) is 6.27. The Bertz CT molecular complexity index is 679. The van der Waals surface area contributed by atoms with E-state index in [1.807, 2.05) is 0 Å². The van der Waals surface area contributed by atoms with Gasteiger partial charge in [0, 0.05) is 44.2 Å². The number of hydrogen-bond acceptors (Lipinski definition) is 4. The van der Waals surface area contributed by atoms with Crippen LogP contribution in [0.1, 0.15) is 23.3 Å². The van der Waals surface area contributed by atoms with Gasteiger partial charge in [-0.1, -0.05) is 11.6 Å². The number of hydrogen-bond donors (Lipinski definition) is 1. The summed E-state index contributed by atoms with van der Waals surface area (Å²) in [5.41, 5.74) is 3.64. The minimum absolute atomic E-state index is 0.757. The summed E-state index contributed by atoms with van der Waals surface area (Å²) in [6.07, 6.45) is 1.31. The van der Waals surface area contributed by atoms with Gasteiger partial charge in [0.1, 0.15) is 11.3 Å². The number of aryl methyl sites for hydroxylation is 2. The first-order chi connectivity index (χ1) is 11.2. The molecule has 4 rings (SSSR count). The van der Waals surface area contributed by atoms with Crippen LogP contribution >= 0.6 is 0 Å². The number of fused-ring (bicyclic) bond motifs is 1. The highest BCUT2D eigenvalue weighted by Gasteiger charge is 2.26. The highest BCUT2D eigenvalue weighted by Crippen LogP contribution is 2.27. The van der Waals surface area contributed by atoms with E-state index in [1.54, 1.807) is 0 Å². The molecule has 2 saturated heterocycles. The summed E-state index contributed by atoms with van der Waals surface area (Å²) >= 11 is 0. The highest BCUT2D eigenvalue weighted by atomic mass is 16.3. The summed E-state index contributed by atoms with van der Waals surface area (Å²) in [7, 11) is 0. The summed E-state index contributed by atoms with van der Waals surface area (Å²) in [4.78, 5) is 5.20. The van der Waals surface area contributed by atoms with Crippen molar-refractivity contribution in [3.8, 4) is 0 Å². The Balaban J connectivity index is 1.42. The van der Waals surface area contributed by atoms with E-state index in [9.17, 15) is 0 Å². The molecular formula is C19H27N3O. The van der Waals surface area contributed by atoms with E-state index >= 15 is 0 Å². The molecule has 2 fully saturated rings. The number of piperazine rings is 1. The Morgan fingerprint density at radius 3 is 2.74 bits per heavy atom. The molecule has 0 bridgehead atoms. The highest BCUT2D eigenvalue weighted by molar-refractivity contribution is 5.82. The largest absolute Gasteiger partial charge is 0.459 e. The van der Waals surface area contributed by atoms with Crippen LogP contribution in [0.4, 0.5) is 0 Å². The Morgan fingerprint density at radius 2 is 2.00 bits per heavy atom.